The van der Waals surface area contributed by atoms with Crippen molar-refractivity contribution in [3.8, 4) is 0 Å². The highest BCUT2D eigenvalue weighted by Gasteiger charge is 2.34. The molecule has 1 aromatic heterocycles. The number of hydrogen-bond donors (Lipinski definition) is 1. The largest absolute Gasteiger partial charge is 0.376 e. The predicted octanol–water partition coefficient (Wildman–Crippen LogP) is 1.67. The highest BCUT2D eigenvalue weighted by Crippen LogP contribution is 2.34. The van der Waals surface area contributed by atoms with Crippen LogP contribution in [0.15, 0.2) is 0 Å². The Morgan fingerprint density at radius 1 is 1.11 bits per heavy atom. The summed E-state index contributed by atoms with van der Waals surface area (Å²) in [4.78, 5) is 4.61. The summed E-state index contributed by atoms with van der Waals surface area (Å²) in [5.74, 6) is 1.72. The predicted molar refractivity (Wildman–Crippen MR) is 69.1 cm³/mol. The molecule has 2 fully saturated rings. The third-order valence-electron chi connectivity index (χ3n) is 4.30. The maximum atomic E-state index is 5.84. The topological polar surface area (TPSA) is 61.2 Å². The standard InChI is InChI=1S/C13H20N4O2/c1-3-10(18-7-1)9-5-6-14-13-15-12(16-17(9)13)11-4-2-8-19-11/h9-11H,1-8H2,(H,14,15,16). The molecule has 6 heteroatoms. The number of anilines is 1. The molecule has 0 aromatic carbocycles. The summed E-state index contributed by atoms with van der Waals surface area (Å²) >= 11 is 0. The van der Waals surface area contributed by atoms with Gasteiger partial charge in [-0.2, -0.15) is 10.1 Å². The molecule has 0 bridgehead atoms. The van der Waals surface area contributed by atoms with Crippen LogP contribution >= 0.6 is 0 Å². The molecule has 19 heavy (non-hydrogen) atoms. The second-order valence-corrected chi connectivity index (χ2v) is 5.57. The van der Waals surface area contributed by atoms with Crippen molar-refractivity contribution in [1.82, 2.24) is 14.8 Å². The van der Waals surface area contributed by atoms with Crippen LogP contribution in [0.3, 0.4) is 0 Å². The van der Waals surface area contributed by atoms with Crippen LogP contribution in [-0.4, -0.2) is 40.6 Å². The first kappa shape index (κ1) is 11.7. The van der Waals surface area contributed by atoms with E-state index < -0.39 is 0 Å². The third-order valence-corrected chi connectivity index (χ3v) is 4.30. The Labute approximate surface area is 112 Å². The third kappa shape index (κ3) is 2.03. The molecule has 104 valence electrons. The van der Waals surface area contributed by atoms with E-state index in [9.17, 15) is 0 Å². The van der Waals surface area contributed by atoms with Crippen LogP contribution in [-0.2, 0) is 9.47 Å². The van der Waals surface area contributed by atoms with Crippen molar-refractivity contribution in [3.63, 3.8) is 0 Å². The van der Waals surface area contributed by atoms with Gasteiger partial charge in [-0.05, 0) is 32.1 Å². The van der Waals surface area contributed by atoms with Crippen molar-refractivity contribution >= 4 is 5.95 Å². The molecule has 0 spiro atoms. The van der Waals surface area contributed by atoms with Gasteiger partial charge in [-0.15, -0.1) is 0 Å². The molecule has 4 heterocycles. The van der Waals surface area contributed by atoms with E-state index in [2.05, 4.69) is 10.3 Å². The molecule has 2 saturated heterocycles. The Morgan fingerprint density at radius 3 is 2.79 bits per heavy atom. The van der Waals surface area contributed by atoms with Gasteiger partial charge in [0.25, 0.3) is 0 Å². The Morgan fingerprint density at radius 2 is 2.00 bits per heavy atom. The lowest BCUT2D eigenvalue weighted by atomic mass is 10.0. The van der Waals surface area contributed by atoms with Gasteiger partial charge in [-0.25, -0.2) is 4.68 Å². The van der Waals surface area contributed by atoms with Crippen LogP contribution in [0.5, 0.6) is 0 Å². The average Bonchev–Trinajstić information content (AvgIpc) is 3.18. The van der Waals surface area contributed by atoms with Crippen molar-refractivity contribution in [2.24, 2.45) is 0 Å². The molecular formula is C13H20N4O2. The van der Waals surface area contributed by atoms with Crippen LogP contribution < -0.4 is 5.32 Å². The maximum absolute atomic E-state index is 5.84. The first-order valence-corrected chi connectivity index (χ1v) is 7.35. The lowest BCUT2D eigenvalue weighted by Gasteiger charge is -2.28. The highest BCUT2D eigenvalue weighted by molar-refractivity contribution is 5.29. The van der Waals surface area contributed by atoms with Crippen molar-refractivity contribution < 1.29 is 9.47 Å². The molecule has 0 radical (unpaired) electrons. The Hall–Kier alpha value is -1.14. The number of hydrogen-bond acceptors (Lipinski definition) is 5. The van der Waals surface area contributed by atoms with Crippen LogP contribution in [0.4, 0.5) is 5.95 Å². The van der Waals surface area contributed by atoms with E-state index >= 15 is 0 Å². The van der Waals surface area contributed by atoms with E-state index in [1.165, 1.54) is 0 Å². The molecule has 0 amide bonds. The van der Waals surface area contributed by atoms with Crippen molar-refractivity contribution in [1.29, 1.82) is 0 Å². The van der Waals surface area contributed by atoms with Gasteiger partial charge in [-0.3, -0.25) is 0 Å². The zero-order valence-corrected chi connectivity index (χ0v) is 11.0. The molecule has 0 saturated carbocycles. The van der Waals surface area contributed by atoms with E-state index in [-0.39, 0.29) is 6.10 Å². The van der Waals surface area contributed by atoms with E-state index in [1.807, 2.05) is 4.68 Å². The molecule has 3 atom stereocenters. The summed E-state index contributed by atoms with van der Waals surface area (Å²) in [6.45, 7) is 2.67. The Bertz CT molecular complexity index is 449. The van der Waals surface area contributed by atoms with Crippen molar-refractivity contribution in [2.75, 3.05) is 25.1 Å². The number of ether oxygens (including phenoxy) is 2. The molecule has 6 nitrogen and oxygen atoms in total. The minimum Gasteiger partial charge on any atom is -0.376 e. The van der Waals surface area contributed by atoms with Gasteiger partial charge in [0.1, 0.15) is 6.10 Å². The van der Waals surface area contributed by atoms with Crippen LogP contribution in [0, 0.1) is 0 Å². The molecular weight excluding hydrogens is 244 g/mol. The van der Waals surface area contributed by atoms with Crippen LogP contribution in [0.2, 0.25) is 0 Å². The lowest BCUT2D eigenvalue weighted by molar-refractivity contribution is 0.0578. The summed E-state index contributed by atoms with van der Waals surface area (Å²) in [6.07, 6.45) is 5.90. The molecule has 1 N–H and O–H groups in total. The molecule has 4 rings (SSSR count). The van der Waals surface area contributed by atoms with E-state index in [1.54, 1.807) is 0 Å². The smallest absolute Gasteiger partial charge is 0.221 e. The fraction of sp³-hybridized carbons (Fsp3) is 0.846. The van der Waals surface area contributed by atoms with Crippen molar-refractivity contribution in [2.45, 2.75) is 50.4 Å². The fourth-order valence-corrected chi connectivity index (χ4v) is 3.31. The zero-order valence-electron chi connectivity index (χ0n) is 11.0. The van der Waals surface area contributed by atoms with Gasteiger partial charge >= 0.3 is 0 Å². The van der Waals surface area contributed by atoms with Crippen LogP contribution in [0.1, 0.15) is 50.1 Å². The number of nitrogens with one attached hydrogen (secondary N) is 1. The molecule has 3 aliphatic rings. The second kappa shape index (κ2) is 4.76. The number of fused-ring (bicyclic) bond motifs is 1. The van der Waals surface area contributed by atoms with Gasteiger partial charge in [0.15, 0.2) is 5.82 Å². The lowest BCUT2D eigenvalue weighted by Crippen LogP contribution is -2.32. The Balaban J connectivity index is 1.62. The molecule has 3 unspecified atom stereocenters. The van der Waals surface area contributed by atoms with Crippen molar-refractivity contribution in [3.05, 3.63) is 5.82 Å². The highest BCUT2D eigenvalue weighted by atomic mass is 16.5. The van der Waals surface area contributed by atoms with E-state index in [0.29, 0.717) is 12.1 Å². The molecule has 1 aromatic rings. The van der Waals surface area contributed by atoms with Gasteiger partial charge in [0, 0.05) is 19.8 Å². The summed E-state index contributed by atoms with van der Waals surface area (Å²) in [5.41, 5.74) is 0. The Kier molecular flexibility index (Phi) is 2.92. The van der Waals surface area contributed by atoms with Gasteiger partial charge < -0.3 is 14.8 Å². The molecule has 0 aliphatic carbocycles. The van der Waals surface area contributed by atoms with E-state index in [4.69, 9.17) is 14.6 Å². The first-order valence-electron chi connectivity index (χ1n) is 7.35. The van der Waals surface area contributed by atoms with Gasteiger partial charge in [0.2, 0.25) is 5.95 Å². The van der Waals surface area contributed by atoms with Gasteiger partial charge in [-0.1, -0.05) is 0 Å². The minimum absolute atomic E-state index is 0.0880. The quantitative estimate of drug-likeness (QED) is 0.880. The monoisotopic (exact) mass is 264 g/mol. The summed E-state index contributed by atoms with van der Waals surface area (Å²) in [6, 6.07) is 0.335. The normalized spacial score (nSPS) is 34.2. The second-order valence-electron chi connectivity index (χ2n) is 5.57. The number of aromatic nitrogens is 3. The fourth-order valence-electron chi connectivity index (χ4n) is 3.31. The first-order chi connectivity index (χ1) is 9.42. The number of nitrogens with zero attached hydrogens (tertiary/aromatic N) is 3. The van der Waals surface area contributed by atoms with E-state index in [0.717, 1.165) is 63.6 Å². The minimum atomic E-state index is 0.0880. The number of rotatable bonds is 2. The molecule has 3 aliphatic heterocycles. The average molecular weight is 264 g/mol. The summed E-state index contributed by atoms with van der Waals surface area (Å²) < 4.78 is 13.6. The summed E-state index contributed by atoms with van der Waals surface area (Å²) in [7, 11) is 0. The summed E-state index contributed by atoms with van der Waals surface area (Å²) in [5, 5.41) is 8.04. The SMILES string of the molecule is C1COC(c2nc3n(n2)C(C2CCCO2)CCN3)C1. The van der Waals surface area contributed by atoms with Gasteiger partial charge in [0.05, 0.1) is 12.1 Å². The van der Waals surface area contributed by atoms with Crippen LogP contribution in [0.25, 0.3) is 0 Å². The maximum Gasteiger partial charge on any atom is 0.221 e. The zero-order chi connectivity index (χ0) is 12.7.